The number of terminal acetylenes is 1. The van der Waals surface area contributed by atoms with Crippen molar-refractivity contribution in [1.82, 2.24) is 0 Å². The van der Waals surface area contributed by atoms with Crippen molar-refractivity contribution in [2.24, 2.45) is 0 Å². The lowest BCUT2D eigenvalue weighted by atomic mass is 9.98. The van der Waals surface area contributed by atoms with E-state index in [0.29, 0.717) is 22.4 Å². The van der Waals surface area contributed by atoms with Crippen LogP contribution in [0.4, 0.5) is 10.5 Å². The third-order valence-electron chi connectivity index (χ3n) is 5.92. The van der Waals surface area contributed by atoms with E-state index in [0.717, 1.165) is 22.3 Å². The summed E-state index contributed by atoms with van der Waals surface area (Å²) >= 11 is 0. The SMILES string of the molecule is C#Cc1cc(C(=O)OC)c(C)c(N(C)C(=O)OCC2c3ccccc3-c3ccccc32)c1. The summed E-state index contributed by atoms with van der Waals surface area (Å²) in [5, 5.41) is 0. The third-order valence-corrected chi connectivity index (χ3v) is 5.92. The van der Waals surface area contributed by atoms with E-state index >= 15 is 0 Å². The molecule has 4 rings (SSSR count). The number of carbonyl (C=O) groups is 2. The first-order valence-electron chi connectivity index (χ1n) is 10.2. The number of ether oxygens (including phenoxy) is 2. The maximum absolute atomic E-state index is 13.0. The van der Waals surface area contributed by atoms with Crippen LogP contribution in [0.5, 0.6) is 0 Å². The topological polar surface area (TPSA) is 55.8 Å². The maximum Gasteiger partial charge on any atom is 0.414 e. The zero-order valence-electron chi connectivity index (χ0n) is 18.2. The lowest BCUT2D eigenvalue weighted by Gasteiger charge is -2.22. The van der Waals surface area contributed by atoms with E-state index in [2.05, 4.69) is 30.2 Å². The second-order valence-electron chi connectivity index (χ2n) is 7.67. The van der Waals surface area contributed by atoms with Crippen molar-refractivity contribution in [3.63, 3.8) is 0 Å². The Morgan fingerprint density at radius 2 is 1.62 bits per heavy atom. The van der Waals surface area contributed by atoms with Crippen LogP contribution in [0.3, 0.4) is 0 Å². The molecule has 32 heavy (non-hydrogen) atoms. The van der Waals surface area contributed by atoms with E-state index in [1.807, 2.05) is 24.3 Å². The molecule has 5 nitrogen and oxygen atoms in total. The Hall–Kier alpha value is -4.04. The smallest absolute Gasteiger partial charge is 0.414 e. The molecule has 0 aromatic heterocycles. The molecule has 1 amide bonds. The van der Waals surface area contributed by atoms with Crippen LogP contribution in [0.2, 0.25) is 0 Å². The minimum Gasteiger partial charge on any atom is -0.465 e. The Morgan fingerprint density at radius 1 is 1.03 bits per heavy atom. The number of rotatable bonds is 4. The number of carbonyl (C=O) groups excluding carboxylic acids is 2. The van der Waals surface area contributed by atoms with Crippen molar-refractivity contribution < 1.29 is 19.1 Å². The Morgan fingerprint density at radius 3 is 2.19 bits per heavy atom. The van der Waals surface area contributed by atoms with E-state index in [-0.39, 0.29) is 12.5 Å². The number of esters is 1. The highest BCUT2D eigenvalue weighted by Gasteiger charge is 2.30. The van der Waals surface area contributed by atoms with Crippen molar-refractivity contribution in [3.8, 4) is 23.5 Å². The van der Waals surface area contributed by atoms with Gasteiger partial charge in [-0.25, -0.2) is 9.59 Å². The molecular weight excluding hydrogens is 402 g/mol. The fraction of sp³-hybridized carbons (Fsp3) is 0.185. The third kappa shape index (κ3) is 3.61. The minimum absolute atomic E-state index is 0.0384. The molecule has 0 bridgehead atoms. The van der Waals surface area contributed by atoms with Gasteiger partial charge in [0.05, 0.1) is 18.4 Å². The number of amides is 1. The summed E-state index contributed by atoms with van der Waals surface area (Å²) in [6, 6.07) is 19.6. The second-order valence-corrected chi connectivity index (χ2v) is 7.67. The Kier molecular flexibility index (Phi) is 5.70. The van der Waals surface area contributed by atoms with E-state index in [9.17, 15) is 9.59 Å². The first-order valence-corrected chi connectivity index (χ1v) is 10.2. The van der Waals surface area contributed by atoms with Crippen LogP contribution in [0.15, 0.2) is 60.7 Å². The van der Waals surface area contributed by atoms with Gasteiger partial charge in [-0.15, -0.1) is 6.42 Å². The van der Waals surface area contributed by atoms with Crippen LogP contribution >= 0.6 is 0 Å². The number of fused-ring (bicyclic) bond motifs is 3. The first-order chi connectivity index (χ1) is 15.5. The molecule has 1 aliphatic carbocycles. The number of anilines is 1. The van der Waals surface area contributed by atoms with Crippen molar-refractivity contribution >= 4 is 17.7 Å². The van der Waals surface area contributed by atoms with Gasteiger partial charge in [-0.05, 0) is 46.9 Å². The van der Waals surface area contributed by atoms with Crippen molar-refractivity contribution in [3.05, 3.63) is 88.5 Å². The molecule has 5 heteroatoms. The normalized spacial score (nSPS) is 11.8. The molecule has 1 aliphatic rings. The number of methoxy groups -OCH3 is 1. The van der Waals surface area contributed by atoms with Crippen molar-refractivity contribution in [2.75, 3.05) is 25.7 Å². The molecule has 0 heterocycles. The summed E-state index contributed by atoms with van der Waals surface area (Å²) in [6.07, 6.45) is 5.02. The summed E-state index contributed by atoms with van der Waals surface area (Å²) in [5.74, 6) is 1.97. The van der Waals surface area contributed by atoms with Gasteiger partial charge in [0.1, 0.15) is 6.61 Å². The summed E-state index contributed by atoms with van der Waals surface area (Å²) < 4.78 is 10.6. The highest BCUT2D eigenvalue weighted by atomic mass is 16.6. The quantitative estimate of drug-likeness (QED) is 0.429. The number of benzene rings is 3. The Bertz CT molecular complexity index is 1210. The molecule has 0 saturated carbocycles. The predicted molar refractivity (Wildman–Crippen MR) is 124 cm³/mol. The fourth-order valence-electron chi connectivity index (χ4n) is 4.24. The summed E-state index contributed by atoms with van der Waals surface area (Å²) in [6.45, 7) is 1.95. The van der Waals surface area contributed by atoms with E-state index in [4.69, 9.17) is 15.9 Å². The Labute approximate surface area is 187 Å². The largest absolute Gasteiger partial charge is 0.465 e. The molecule has 0 aliphatic heterocycles. The Balaban J connectivity index is 1.58. The molecule has 0 radical (unpaired) electrons. The minimum atomic E-state index is -0.528. The van der Waals surface area contributed by atoms with Gasteiger partial charge >= 0.3 is 12.1 Å². The molecule has 3 aromatic carbocycles. The van der Waals surface area contributed by atoms with Crippen molar-refractivity contribution in [1.29, 1.82) is 0 Å². The summed E-state index contributed by atoms with van der Waals surface area (Å²) in [4.78, 5) is 26.5. The standard InChI is InChI=1S/C27H23NO4/c1-5-18-14-23(26(29)31-4)17(2)25(15-18)28(3)27(30)32-16-24-21-12-8-6-10-19(21)20-11-7-9-13-22(20)24/h1,6-15,24H,16H2,2-4H3. The van der Waals surface area contributed by atoms with Gasteiger partial charge in [0, 0.05) is 18.5 Å². The second kappa shape index (κ2) is 8.60. The zero-order valence-corrected chi connectivity index (χ0v) is 18.2. The van der Waals surface area contributed by atoms with Gasteiger partial charge in [-0.2, -0.15) is 0 Å². The van der Waals surface area contributed by atoms with Gasteiger partial charge in [-0.3, -0.25) is 4.90 Å². The van der Waals surface area contributed by atoms with Gasteiger partial charge in [0.25, 0.3) is 0 Å². The summed E-state index contributed by atoms with van der Waals surface area (Å²) in [7, 11) is 2.90. The molecule has 3 aromatic rings. The first kappa shape index (κ1) is 21.2. The van der Waals surface area contributed by atoms with E-state index in [1.54, 1.807) is 26.1 Å². The lowest BCUT2D eigenvalue weighted by molar-refractivity contribution is 0.0599. The van der Waals surface area contributed by atoms with Gasteiger partial charge < -0.3 is 9.47 Å². The fourth-order valence-corrected chi connectivity index (χ4v) is 4.24. The average Bonchev–Trinajstić information content (AvgIpc) is 3.15. The number of hydrogen-bond acceptors (Lipinski definition) is 4. The lowest BCUT2D eigenvalue weighted by Crippen LogP contribution is -2.29. The molecule has 0 spiro atoms. The number of nitrogens with zero attached hydrogens (tertiary/aromatic N) is 1. The van der Waals surface area contributed by atoms with E-state index < -0.39 is 12.1 Å². The molecule has 160 valence electrons. The van der Waals surface area contributed by atoms with Crippen LogP contribution in [0.1, 0.15) is 38.5 Å². The van der Waals surface area contributed by atoms with Gasteiger partial charge in [0.15, 0.2) is 0 Å². The van der Waals surface area contributed by atoms with Crippen LogP contribution in [-0.4, -0.2) is 32.8 Å². The van der Waals surface area contributed by atoms with E-state index in [1.165, 1.54) is 12.0 Å². The average molecular weight is 425 g/mol. The van der Waals surface area contributed by atoms with Crippen LogP contribution < -0.4 is 4.90 Å². The molecule has 0 fully saturated rings. The summed E-state index contributed by atoms with van der Waals surface area (Å²) in [5.41, 5.74) is 6.49. The number of hydrogen-bond donors (Lipinski definition) is 0. The highest BCUT2D eigenvalue weighted by Crippen LogP contribution is 2.44. The van der Waals surface area contributed by atoms with Crippen LogP contribution in [0.25, 0.3) is 11.1 Å². The van der Waals surface area contributed by atoms with Crippen LogP contribution in [-0.2, 0) is 9.47 Å². The monoisotopic (exact) mass is 425 g/mol. The molecule has 0 saturated heterocycles. The zero-order chi connectivity index (χ0) is 22.8. The molecular formula is C27H23NO4. The van der Waals surface area contributed by atoms with Gasteiger partial charge in [0.2, 0.25) is 0 Å². The predicted octanol–water partition coefficient (Wildman–Crippen LogP) is 5.15. The van der Waals surface area contributed by atoms with Crippen LogP contribution in [0, 0.1) is 19.3 Å². The van der Waals surface area contributed by atoms with Gasteiger partial charge in [-0.1, -0.05) is 54.5 Å². The highest BCUT2D eigenvalue weighted by molar-refractivity contribution is 5.96. The molecule has 0 N–H and O–H groups in total. The maximum atomic E-state index is 13.0. The molecule has 0 atom stereocenters. The molecule has 0 unspecified atom stereocenters. The van der Waals surface area contributed by atoms with Crippen molar-refractivity contribution in [2.45, 2.75) is 12.8 Å².